The van der Waals surface area contributed by atoms with Crippen LogP contribution in [-0.4, -0.2) is 24.6 Å². The zero-order valence-electron chi connectivity index (χ0n) is 10.1. The van der Waals surface area contributed by atoms with Crippen LogP contribution in [0.25, 0.3) is 0 Å². The number of esters is 2. The molecule has 0 unspecified atom stereocenters. The lowest BCUT2D eigenvalue weighted by molar-refractivity contribution is -0.149. The van der Waals surface area contributed by atoms with Crippen LogP contribution in [0.5, 0.6) is 0 Å². The van der Waals surface area contributed by atoms with Gasteiger partial charge in [-0.15, -0.1) is 0 Å². The molecule has 0 fully saturated rings. The standard InChI is InChI=1S/C10H16O4/c1-7(9(12)13-5)6-8(11)14-10(2,3)4/h6H,1-5H3/b7-6-/i6D. The summed E-state index contributed by atoms with van der Waals surface area (Å²) in [5.41, 5.74) is -0.744. The summed E-state index contributed by atoms with van der Waals surface area (Å²) in [5, 5.41) is 0. The van der Waals surface area contributed by atoms with Gasteiger partial charge in [-0.1, -0.05) is 0 Å². The van der Waals surface area contributed by atoms with E-state index in [9.17, 15) is 9.59 Å². The summed E-state index contributed by atoms with van der Waals surface area (Å²) in [6.45, 7) is 6.40. The molecule has 0 rings (SSSR count). The first kappa shape index (κ1) is 10.8. The van der Waals surface area contributed by atoms with Crippen molar-refractivity contribution in [3.8, 4) is 0 Å². The molecule has 0 aliphatic heterocycles. The molecule has 0 aliphatic carbocycles. The Hall–Kier alpha value is -1.32. The Labute approximate surface area is 85.3 Å². The van der Waals surface area contributed by atoms with Gasteiger partial charge in [0.1, 0.15) is 5.60 Å². The molecule has 0 saturated heterocycles. The second-order valence-corrected chi connectivity index (χ2v) is 3.74. The fourth-order valence-corrected chi connectivity index (χ4v) is 0.661. The molecule has 0 atom stereocenters. The number of carbonyl (C=O) groups is 2. The maximum absolute atomic E-state index is 11.3. The van der Waals surface area contributed by atoms with E-state index in [4.69, 9.17) is 6.11 Å². The molecule has 0 saturated carbocycles. The van der Waals surface area contributed by atoms with Crippen LogP contribution < -0.4 is 0 Å². The Bertz CT molecular complexity index is 299. The molecule has 0 amide bonds. The van der Waals surface area contributed by atoms with E-state index in [1.54, 1.807) is 20.8 Å². The minimum Gasteiger partial charge on any atom is -0.466 e. The number of methoxy groups -OCH3 is 1. The summed E-state index contributed by atoms with van der Waals surface area (Å²) in [6, 6.07) is -0.475. The Morgan fingerprint density at radius 1 is 1.36 bits per heavy atom. The third-order valence-electron chi connectivity index (χ3n) is 1.18. The average molecular weight is 201 g/mol. The molecule has 0 aromatic heterocycles. The van der Waals surface area contributed by atoms with Crippen LogP contribution >= 0.6 is 0 Å². The van der Waals surface area contributed by atoms with Crippen LogP contribution in [0, 0.1) is 0 Å². The largest absolute Gasteiger partial charge is 0.466 e. The highest BCUT2D eigenvalue weighted by Crippen LogP contribution is 2.08. The van der Waals surface area contributed by atoms with E-state index < -0.39 is 23.6 Å². The molecule has 0 bridgehead atoms. The smallest absolute Gasteiger partial charge is 0.333 e. The molecule has 0 N–H and O–H groups in total. The van der Waals surface area contributed by atoms with Crippen LogP contribution in [0.4, 0.5) is 0 Å². The highest BCUT2D eigenvalue weighted by molar-refractivity contribution is 5.95. The minimum atomic E-state index is -0.828. The Morgan fingerprint density at radius 3 is 2.21 bits per heavy atom. The number of carbonyl (C=O) groups excluding carboxylic acids is 2. The predicted molar refractivity (Wildman–Crippen MR) is 51.6 cm³/mol. The maximum atomic E-state index is 11.3. The van der Waals surface area contributed by atoms with Gasteiger partial charge in [-0.25, -0.2) is 9.59 Å². The van der Waals surface area contributed by atoms with Gasteiger partial charge < -0.3 is 9.47 Å². The molecule has 0 radical (unpaired) electrons. The average Bonchev–Trinajstić information content (AvgIpc) is 2.11. The first-order chi connectivity index (χ1) is 6.69. The van der Waals surface area contributed by atoms with E-state index in [1.807, 2.05) is 0 Å². The van der Waals surface area contributed by atoms with Gasteiger partial charge in [0.25, 0.3) is 0 Å². The normalized spacial score (nSPS) is 13.9. The summed E-state index contributed by atoms with van der Waals surface area (Å²) in [6.07, 6.45) is 0. The van der Waals surface area contributed by atoms with Crippen LogP contribution in [-0.2, 0) is 19.1 Å². The van der Waals surface area contributed by atoms with Crippen LogP contribution in [0.15, 0.2) is 11.6 Å². The second kappa shape index (κ2) is 4.79. The lowest BCUT2D eigenvalue weighted by Crippen LogP contribution is -2.23. The monoisotopic (exact) mass is 201 g/mol. The number of rotatable bonds is 2. The van der Waals surface area contributed by atoms with Gasteiger partial charge in [-0.05, 0) is 27.7 Å². The molecule has 80 valence electrons. The molecular weight excluding hydrogens is 184 g/mol. The quantitative estimate of drug-likeness (QED) is 0.501. The minimum absolute atomic E-state index is 0.0632. The van der Waals surface area contributed by atoms with Gasteiger partial charge in [-0.3, -0.25) is 0 Å². The molecule has 0 aromatic carbocycles. The van der Waals surface area contributed by atoms with Gasteiger partial charge in [0.2, 0.25) is 0 Å². The van der Waals surface area contributed by atoms with Gasteiger partial charge in [0.05, 0.1) is 8.48 Å². The van der Waals surface area contributed by atoms with Crippen molar-refractivity contribution in [1.29, 1.82) is 0 Å². The summed E-state index contributed by atoms with van der Waals surface area (Å²) in [4.78, 5) is 22.4. The molecule has 4 heteroatoms. The first-order valence-corrected chi connectivity index (χ1v) is 4.18. The van der Waals surface area contributed by atoms with E-state index in [-0.39, 0.29) is 5.57 Å². The van der Waals surface area contributed by atoms with Gasteiger partial charge in [0, 0.05) is 11.6 Å². The Balaban J connectivity index is 4.78. The third kappa shape index (κ3) is 5.35. The lowest BCUT2D eigenvalue weighted by Gasteiger charge is -2.18. The van der Waals surface area contributed by atoms with Crippen LogP contribution in [0.2, 0.25) is 0 Å². The van der Waals surface area contributed by atoms with E-state index in [2.05, 4.69) is 4.74 Å². The van der Waals surface area contributed by atoms with Crippen molar-refractivity contribution < 1.29 is 20.4 Å². The molecule has 14 heavy (non-hydrogen) atoms. The van der Waals surface area contributed by atoms with Crippen molar-refractivity contribution in [2.75, 3.05) is 7.11 Å². The van der Waals surface area contributed by atoms with Crippen LogP contribution in [0.1, 0.15) is 29.1 Å². The number of hydrogen-bond acceptors (Lipinski definition) is 4. The fourth-order valence-electron chi connectivity index (χ4n) is 0.661. The number of ether oxygens (including phenoxy) is 2. The first-order valence-electron chi connectivity index (χ1n) is 4.68. The topological polar surface area (TPSA) is 52.6 Å². The zero-order chi connectivity index (χ0) is 12.2. The van der Waals surface area contributed by atoms with Crippen molar-refractivity contribution in [2.45, 2.75) is 33.3 Å². The highest BCUT2D eigenvalue weighted by atomic mass is 16.6. The highest BCUT2D eigenvalue weighted by Gasteiger charge is 2.15. The van der Waals surface area contributed by atoms with Crippen molar-refractivity contribution in [3.63, 3.8) is 0 Å². The van der Waals surface area contributed by atoms with Gasteiger partial charge >= 0.3 is 11.9 Å². The second-order valence-electron chi connectivity index (χ2n) is 3.74. The molecular formula is C10H16O4. The summed E-state index contributed by atoms with van der Waals surface area (Å²) in [5.74, 6) is -1.53. The Morgan fingerprint density at radius 2 is 1.86 bits per heavy atom. The summed E-state index contributed by atoms with van der Waals surface area (Å²) < 4.78 is 16.7. The molecule has 4 nitrogen and oxygen atoms in total. The fraction of sp³-hybridized carbons (Fsp3) is 0.600. The van der Waals surface area contributed by atoms with E-state index in [0.717, 1.165) is 0 Å². The van der Waals surface area contributed by atoms with Crippen molar-refractivity contribution in [1.82, 2.24) is 0 Å². The molecule has 0 aliphatic rings. The van der Waals surface area contributed by atoms with Crippen LogP contribution in [0.3, 0.4) is 0 Å². The third-order valence-corrected chi connectivity index (χ3v) is 1.18. The molecule has 0 heterocycles. The van der Waals surface area contributed by atoms with E-state index in [1.165, 1.54) is 14.0 Å². The van der Waals surface area contributed by atoms with Crippen molar-refractivity contribution in [2.24, 2.45) is 0 Å². The van der Waals surface area contributed by atoms with E-state index in [0.29, 0.717) is 0 Å². The predicted octanol–water partition coefficient (Wildman–Crippen LogP) is 1.45. The maximum Gasteiger partial charge on any atom is 0.333 e. The van der Waals surface area contributed by atoms with Gasteiger partial charge in [-0.2, -0.15) is 0 Å². The van der Waals surface area contributed by atoms with Crippen molar-refractivity contribution >= 4 is 11.9 Å². The molecule has 0 spiro atoms. The summed E-state index contributed by atoms with van der Waals surface area (Å²) >= 11 is 0. The Kier molecular flexibility index (Phi) is 3.68. The molecule has 0 aromatic rings. The zero-order valence-corrected chi connectivity index (χ0v) is 9.13. The van der Waals surface area contributed by atoms with Gasteiger partial charge in [0.15, 0.2) is 0 Å². The number of hydrogen-bond donors (Lipinski definition) is 0. The van der Waals surface area contributed by atoms with E-state index >= 15 is 0 Å². The van der Waals surface area contributed by atoms with Crippen molar-refractivity contribution in [3.05, 3.63) is 11.6 Å². The SMILES string of the molecule is [2H]/C(C(=O)OC(C)(C)C)=C(\C)C(=O)OC. The lowest BCUT2D eigenvalue weighted by atomic mass is 10.2. The summed E-state index contributed by atoms with van der Waals surface area (Å²) in [7, 11) is 1.19.